The molecule has 0 spiro atoms. The highest BCUT2D eigenvalue weighted by atomic mass is 32.1. The maximum absolute atomic E-state index is 13.4. The molecule has 2 heterocycles. The van der Waals surface area contributed by atoms with E-state index < -0.39 is 0 Å². The molecule has 28 heavy (non-hydrogen) atoms. The summed E-state index contributed by atoms with van der Waals surface area (Å²) < 4.78 is 0. The van der Waals surface area contributed by atoms with E-state index in [-0.39, 0.29) is 11.8 Å². The number of carbonyl (C=O) groups is 2. The van der Waals surface area contributed by atoms with Crippen molar-refractivity contribution >= 4 is 28.2 Å². The molecule has 2 N–H and O–H groups in total. The van der Waals surface area contributed by atoms with E-state index in [9.17, 15) is 9.59 Å². The Morgan fingerprint density at radius 3 is 2.61 bits per heavy atom. The molecule has 6 heteroatoms. The van der Waals surface area contributed by atoms with E-state index in [0.717, 1.165) is 56.0 Å². The molecule has 2 amide bonds. The molecule has 1 aromatic carbocycles. The standard InChI is InChI=1S/C22H27N3O2S/c1-15-8-9-17-18(14-15)28-21(23-20(26)16-6-4-3-5-7-16)19(17)22(27)25-12-10-24(2)11-13-25/h3-7,15H,8-14H2,1-2H3,(H,23,26)/p+1. The van der Waals surface area contributed by atoms with E-state index in [2.05, 4.69) is 19.3 Å². The first-order valence-electron chi connectivity index (χ1n) is 10.1. The van der Waals surface area contributed by atoms with Crippen molar-refractivity contribution in [2.45, 2.75) is 26.2 Å². The number of rotatable bonds is 3. The van der Waals surface area contributed by atoms with Crippen LogP contribution in [0, 0.1) is 5.92 Å². The molecular weight excluding hydrogens is 370 g/mol. The number of amides is 2. The second-order valence-electron chi connectivity index (χ2n) is 8.13. The van der Waals surface area contributed by atoms with Crippen LogP contribution in [0.1, 0.15) is 44.5 Å². The molecule has 1 aromatic heterocycles. The van der Waals surface area contributed by atoms with Gasteiger partial charge in [0.05, 0.1) is 38.8 Å². The largest absolute Gasteiger partial charge is 0.334 e. The molecule has 0 saturated carbocycles. The second kappa shape index (κ2) is 8.05. The van der Waals surface area contributed by atoms with Crippen LogP contribution in [0.25, 0.3) is 0 Å². The first-order valence-corrected chi connectivity index (χ1v) is 11.0. The number of likely N-dealkylation sites (N-methyl/N-ethyl adjacent to an activating group) is 1. The Kier molecular flexibility index (Phi) is 5.51. The minimum Gasteiger partial charge on any atom is -0.334 e. The number of benzene rings is 1. The van der Waals surface area contributed by atoms with Crippen molar-refractivity contribution in [3.05, 3.63) is 51.9 Å². The molecule has 1 saturated heterocycles. The minimum absolute atomic E-state index is 0.0860. The van der Waals surface area contributed by atoms with Crippen LogP contribution < -0.4 is 10.2 Å². The summed E-state index contributed by atoms with van der Waals surface area (Å²) in [6.07, 6.45) is 3.02. The molecule has 1 aliphatic carbocycles. The van der Waals surface area contributed by atoms with Gasteiger partial charge in [-0.05, 0) is 42.9 Å². The smallest absolute Gasteiger partial charge is 0.257 e. The number of nitrogens with one attached hydrogen (secondary N) is 2. The van der Waals surface area contributed by atoms with Crippen LogP contribution in [0.4, 0.5) is 5.00 Å². The zero-order valence-electron chi connectivity index (χ0n) is 16.6. The van der Waals surface area contributed by atoms with Gasteiger partial charge in [0.15, 0.2) is 0 Å². The summed E-state index contributed by atoms with van der Waals surface area (Å²) >= 11 is 1.60. The average Bonchev–Trinajstić information content (AvgIpc) is 3.05. The molecular formula is C22H28N3O2S+. The maximum Gasteiger partial charge on any atom is 0.257 e. The number of quaternary nitrogens is 1. The van der Waals surface area contributed by atoms with Gasteiger partial charge in [-0.3, -0.25) is 9.59 Å². The minimum atomic E-state index is -0.149. The fourth-order valence-electron chi connectivity index (χ4n) is 4.08. The topological polar surface area (TPSA) is 53.9 Å². The Bertz CT molecular complexity index is 869. The lowest BCUT2D eigenvalue weighted by atomic mass is 9.88. The van der Waals surface area contributed by atoms with Gasteiger partial charge in [0, 0.05) is 10.4 Å². The number of piperazine rings is 1. The number of nitrogens with zero attached hydrogens (tertiary/aromatic N) is 1. The number of carbonyl (C=O) groups excluding carboxylic acids is 2. The van der Waals surface area contributed by atoms with Crippen molar-refractivity contribution in [3.63, 3.8) is 0 Å². The molecule has 1 fully saturated rings. The molecule has 5 nitrogen and oxygen atoms in total. The Labute approximate surface area is 170 Å². The summed E-state index contributed by atoms with van der Waals surface area (Å²) in [6, 6.07) is 9.21. The van der Waals surface area contributed by atoms with Crippen LogP contribution in [0.5, 0.6) is 0 Å². The molecule has 1 aliphatic heterocycles. The lowest BCUT2D eigenvalue weighted by molar-refractivity contribution is -0.883. The van der Waals surface area contributed by atoms with E-state index in [1.807, 2.05) is 23.1 Å². The first kappa shape index (κ1) is 19.2. The van der Waals surface area contributed by atoms with Gasteiger partial charge in [-0.15, -0.1) is 11.3 Å². The fourth-order valence-corrected chi connectivity index (χ4v) is 5.48. The third-order valence-electron chi connectivity index (χ3n) is 5.89. The fraction of sp³-hybridized carbons (Fsp3) is 0.455. The van der Waals surface area contributed by atoms with Crippen molar-refractivity contribution in [1.29, 1.82) is 0 Å². The highest BCUT2D eigenvalue weighted by molar-refractivity contribution is 7.17. The van der Waals surface area contributed by atoms with E-state index >= 15 is 0 Å². The summed E-state index contributed by atoms with van der Waals surface area (Å²) in [6.45, 7) is 5.76. The van der Waals surface area contributed by atoms with Gasteiger partial charge in [-0.1, -0.05) is 25.1 Å². The van der Waals surface area contributed by atoms with Gasteiger partial charge in [-0.25, -0.2) is 0 Å². The van der Waals surface area contributed by atoms with Gasteiger partial charge in [0.2, 0.25) is 0 Å². The number of thiophene rings is 1. The van der Waals surface area contributed by atoms with E-state index in [1.165, 1.54) is 15.3 Å². The Balaban J connectivity index is 1.65. The second-order valence-corrected chi connectivity index (χ2v) is 9.23. The van der Waals surface area contributed by atoms with Crippen LogP contribution in [0.2, 0.25) is 0 Å². The molecule has 1 unspecified atom stereocenters. The summed E-state index contributed by atoms with van der Waals surface area (Å²) in [5, 5.41) is 3.78. The predicted octanol–water partition coefficient (Wildman–Crippen LogP) is 2.10. The Hall–Kier alpha value is -2.18. The van der Waals surface area contributed by atoms with E-state index in [4.69, 9.17) is 0 Å². The molecule has 2 aliphatic rings. The van der Waals surface area contributed by atoms with Crippen molar-refractivity contribution in [2.75, 3.05) is 38.5 Å². The molecule has 148 valence electrons. The van der Waals surface area contributed by atoms with E-state index in [1.54, 1.807) is 23.5 Å². The van der Waals surface area contributed by atoms with Gasteiger partial charge in [0.1, 0.15) is 5.00 Å². The highest BCUT2D eigenvalue weighted by Crippen LogP contribution is 2.40. The van der Waals surface area contributed by atoms with Crippen molar-refractivity contribution in [2.24, 2.45) is 5.92 Å². The molecule has 0 bridgehead atoms. The Morgan fingerprint density at radius 2 is 1.89 bits per heavy atom. The normalized spacial score (nSPS) is 19.9. The zero-order chi connectivity index (χ0) is 19.7. The number of hydrogen-bond donors (Lipinski definition) is 2. The van der Waals surface area contributed by atoms with Crippen molar-refractivity contribution in [3.8, 4) is 0 Å². The van der Waals surface area contributed by atoms with E-state index in [0.29, 0.717) is 11.5 Å². The third-order valence-corrected chi connectivity index (χ3v) is 7.06. The predicted molar refractivity (Wildman–Crippen MR) is 112 cm³/mol. The van der Waals surface area contributed by atoms with Crippen LogP contribution >= 0.6 is 11.3 Å². The molecule has 2 aromatic rings. The van der Waals surface area contributed by atoms with Gasteiger partial charge >= 0.3 is 0 Å². The SMILES string of the molecule is CC1CCc2c(sc(NC(=O)c3ccccc3)c2C(=O)N2CC[NH+](C)CC2)C1. The number of hydrogen-bond acceptors (Lipinski definition) is 3. The quantitative estimate of drug-likeness (QED) is 0.832. The van der Waals surface area contributed by atoms with Crippen molar-refractivity contribution < 1.29 is 14.5 Å². The molecule has 4 rings (SSSR count). The third kappa shape index (κ3) is 3.84. The highest BCUT2D eigenvalue weighted by Gasteiger charge is 2.32. The Morgan fingerprint density at radius 1 is 1.18 bits per heavy atom. The summed E-state index contributed by atoms with van der Waals surface area (Å²) in [7, 11) is 2.17. The summed E-state index contributed by atoms with van der Waals surface area (Å²) in [4.78, 5) is 30.9. The van der Waals surface area contributed by atoms with Crippen molar-refractivity contribution in [1.82, 2.24) is 4.90 Å². The van der Waals surface area contributed by atoms with Gasteiger partial charge < -0.3 is 15.1 Å². The number of fused-ring (bicyclic) bond motifs is 1. The van der Waals surface area contributed by atoms with Crippen LogP contribution in [-0.4, -0.2) is 49.9 Å². The first-order chi connectivity index (χ1) is 13.5. The average molecular weight is 399 g/mol. The summed E-state index contributed by atoms with van der Waals surface area (Å²) in [5.41, 5.74) is 2.53. The maximum atomic E-state index is 13.4. The molecule has 0 radical (unpaired) electrons. The van der Waals surface area contributed by atoms with Crippen LogP contribution in [-0.2, 0) is 12.8 Å². The van der Waals surface area contributed by atoms with Crippen LogP contribution in [0.3, 0.4) is 0 Å². The van der Waals surface area contributed by atoms with Gasteiger partial charge in [-0.2, -0.15) is 0 Å². The lowest BCUT2D eigenvalue weighted by Crippen LogP contribution is -3.12. The van der Waals surface area contributed by atoms with Crippen LogP contribution in [0.15, 0.2) is 30.3 Å². The lowest BCUT2D eigenvalue weighted by Gasteiger charge is -2.30. The zero-order valence-corrected chi connectivity index (χ0v) is 17.4. The number of anilines is 1. The van der Waals surface area contributed by atoms with Gasteiger partial charge in [0.25, 0.3) is 11.8 Å². The monoisotopic (exact) mass is 398 g/mol. The summed E-state index contributed by atoms with van der Waals surface area (Å²) in [5.74, 6) is 0.561. The molecule has 1 atom stereocenters.